The molecular weight excluding hydrogens is 176 g/mol. The van der Waals surface area contributed by atoms with Crippen LogP contribution in [0.4, 0.5) is 0 Å². The molecule has 4 heteroatoms. The quantitative estimate of drug-likeness (QED) is 0.782. The number of aromatic nitrogens is 2. The summed E-state index contributed by atoms with van der Waals surface area (Å²) >= 11 is 5.61. The lowest BCUT2D eigenvalue weighted by Gasteiger charge is -1.97. The van der Waals surface area contributed by atoms with E-state index in [-0.39, 0.29) is 5.56 Å². The van der Waals surface area contributed by atoms with Gasteiger partial charge in [0.1, 0.15) is 5.15 Å². The second-order valence-electron chi connectivity index (χ2n) is 2.65. The smallest absolute Gasteiger partial charge is 0.267 e. The Morgan fingerprint density at radius 3 is 3.08 bits per heavy atom. The van der Waals surface area contributed by atoms with E-state index in [1.807, 2.05) is 0 Å². The molecule has 0 aliphatic heterocycles. The maximum atomic E-state index is 11.1. The number of nitrogens with zero attached hydrogens (tertiary/aromatic N) is 1. The molecule has 1 aromatic rings. The third-order valence-corrected chi connectivity index (χ3v) is 1.84. The number of nitrogens with one attached hydrogen (secondary N) is 1. The number of aryl methyl sites for hydroxylation is 1. The van der Waals surface area contributed by atoms with Crippen molar-refractivity contribution in [2.75, 3.05) is 0 Å². The van der Waals surface area contributed by atoms with Crippen LogP contribution in [0.2, 0.25) is 5.15 Å². The molecule has 1 heterocycles. The number of H-pyrrole nitrogens is 1. The standard InChI is InChI=1S/C8H11ClN2O/c1-2-3-4-6-5-7(9)10-11-8(6)12/h5H,2-4H2,1H3,(H,11,12). The van der Waals surface area contributed by atoms with E-state index in [4.69, 9.17) is 11.6 Å². The average Bonchev–Trinajstić information content (AvgIpc) is 2.07. The van der Waals surface area contributed by atoms with Crippen molar-refractivity contribution < 1.29 is 0 Å². The summed E-state index contributed by atoms with van der Waals surface area (Å²) in [5.74, 6) is 0. The van der Waals surface area contributed by atoms with Gasteiger partial charge in [0.2, 0.25) is 0 Å². The molecule has 0 fully saturated rings. The fourth-order valence-electron chi connectivity index (χ4n) is 0.971. The third kappa shape index (κ3) is 2.34. The van der Waals surface area contributed by atoms with Crippen molar-refractivity contribution in [1.82, 2.24) is 10.2 Å². The molecule has 0 aliphatic rings. The Morgan fingerprint density at radius 1 is 1.67 bits per heavy atom. The highest BCUT2D eigenvalue weighted by Gasteiger charge is 2.00. The minimum absolute atomic E-state index is 0.132. The summed E-state index contributed by atoms with van der Waals surface area (Å²) in [6, 6.07) is 1.62. The number of rotatable bonds is 3. The molecule has 0 unspecified atom stereocenters. The predicted octanol–water partition coefficient (Wildman–Crippen LogP) is 1.77. The van der Waals surface area contributed by atoms with Gasteiger partial charge in [0.05, 0.1) is 0 Å². The third-order valence-electron chi connectivity index (χ3n) is 1.65. The Morgan fingerprint density at radius 2 is 2.42 bits per heavy atom. The molecule has 0 aromatic carbocycles. The first-order valence-corrected chi connectivity index (χ1v) is 4.36. The molecule has 0 saturated carbocycles. The van der Waals surface area contributed by atoms with Crippen LogP contribution in [-0.4, -0.2) is 10.2 Å². The monoisotopic (exact) mass is 186 g/mol. The maximum Gasteiger partial charge on any atom is 0.267 e. The van der Waals surface area contributed by atoms with Gasteiger partial charge in [-0.05, 0) is 18.9 Å². The van der Waals surface area contributed by atoms with Crippen molar-refractivity contribution >= 4 is 11.6 Å². The summed E-state index contributed by atoms with van der Waals surface area (Å²) in [5.41, 5.74) is 0.588. The van der Waals surface area contributed by atoms with Crippen molar-refractivity contribution in [3.8, 4) is 0 Å². The summed E-state index contributed by atoms with van der Waals surface area (Å²) in [6.07, 6.45) is 2.84. The number of unbranched alkanes of at least 4 members (excludes halogenated alkanes) is 1. The minimum Gasteiger partial charge on any atom is -0.268 e. The molecule has 0 radical (unpaired) electrons. The van der Waals surface area contributed by atoms with Crippen LogP contribution >= 0.6 is 11.6 Å². The molecule has 0 bridgehead atoms. The van der Waals surface area contributed by atoms with Gasteiger partial charge in [0.25, 0.3) is 5.56 Å². The first-order valence-electron chi connectivity index (χ1n) is 3.98. The first kappa shape index (κ1) is 9.26. The minimum atomic E-state index is -0.132. The zero-order chi connectivity index (χ0) is 8.97. The van der Waals surface area contributed by atoms with Crippen LogP contribution in [0.1, 0.15) is 25.3 Å². The number of halogens is 1. The first-order chi connectivity index (χ1) is 5.74. The van der Waals surface area contributed by atoms with Crippen molar-refractivity contribution in [3.63, 3.8) is 0 Å². The van der Waals surface area contributed by atoms with E-state index in [0.29, 0.717) is 5.15 Å². The van der Waals surface area contributed by atoms with E-state index in [1.165, 1.54) is 0 Å². The Labute approximate surface area is 75.8 Å². The van der Waals surface area contributed by atoms with E-state index in [1.54, 1.807) is 6.07 Å². The molecular formula is C8H11ClN2O. The molecule has 0 aliphatic carbocycles. The van der Waals surface area contributed by atoms with Gasteiger partial charge >= 0.3 is 0 Å². The fourth-order valence-corrected chi connectivity index (χ4v) is 1.14. The highest BCUT2D eigenvalue weighted by Crippen LogP contribution is 2.04. The highest BCUT2D eigenvalue weighted by atomic mass is 35.5. The molecule has 1 aromatic heterocycles. The summed E-state index contributed by atoms with van der Waals surface area (Å²) < 4.78 is 0. The van der Waals surface area contributed by atoms with Crippen molar-refractivity contribution in [1.29, 1.82) is 0 Å². The summed E-state index contributed by atoms with van der Waals surface area (Å²) in [7, 11) is 0. The lowest BCUT2D eigenvalue weighted by atomic mass is 10.1. The van der Waals surface area contributed by atoms with Gasteiger partial charge in [0, 0.05) is 5.56 Å². The molecule has 0 atom stereocenters. The Balaban J connectivity index is 2.83. The molecule has 1 N–H and O–H groups in total. The van der Waals surface area contributed by atoms with Crippen molar-refractivity contribution in [3.05, 3.63) is 27.1 Å². The lowest BCUT2D eigenvalue weighted by Crippen LogP contribution is -2.13. The molecule has 3 nitrogen and oxygen atoms in total. The number of aromatic amines is 1. The fraction of sp³-hybridized carbons (Fsp3) is 0.500. The van der Waals surface area contributed by atoms with Gasteiger partial charge in [-0.1, -0.05) is 24.9 Å². The van der Waals surface area contributed by atoms with Gasteiger partial charge in [-0.2, -0.15) is 5.10 Å². The largest absolute Gasteiger partial charge is 0.268 e. The van der Waals surface area contributed by atoms with Gasteiger partial charge in [-0.15, -0.1) is 0 Å². The van der Waals surface area contributed by atoms with Crippen LogP contribution in [0.15, 0.2) is 10.9 Å². The van der Waals surface area contributed by atoms with Crippen LogP contribution in [-0.2, 0) is 6.42 Å². The predicted molar refractivity (Wildman–Crippen MR) is 48.5 cm³/mol. The zero-order valence-electron chi connectivity index (χ0n) is 6.93. The summed E-state index contributed by atoms with van der Waals surface area (Å²) in [6.45, 7) is 2.08. The Bertz CT molecular complexity index is 308. The molecule has 12 heavy (non-hydrogen) atoms. The van der Waals surface area contributed by atoms with Crippen LogP contribution in [0, 0.1) is 0 Å². The van der Waals surface area contributed by atoms with E-state index in [0.717, 1.165) is 24.8 Å². The van der Waals surface area contributed by atoms with E-state index in [2.05, 4.69) is 17.1 Å². The zero-order valence-corrected chi connectivity index (χ0v) is 7.69. The second-order valence-corrected chi connectivity index (χ2v) is 3.04. The normalized spacial score (nSPS) is 10.2. The average molecular weight is 187 g/mol. The van der Waals surface area contributed by atoms with Crippen molar-refractivity contribution in [2.45, 2.75) is 26.2 Å². The van der Waals surface area contributed by atoms with Gasteiger partial charge in [-0.25, -0.2) is 5.10 Å². The maximum absolute atomic E-state index is 11.1. The van der Waals surface area contributed by atoms with Crippen LogP contribution < -0.4 is 5.56 Å². The molecule has 0 amide bonds. The van der Waals surface area contributed by atoms with E-state index < -0.39 is 0 Å². The van der Waals surface area contributed by atoms with Gasteiger partial charge in [0.15, 0.2) is 0 Å². The van der Waals surface area contributed by atoms with Gasteiger partial charge in [-0.3, -0.25) is 4.79 Å². The number of hydrogen-bond donors (Lipinski definition) is 1. The van der Waals surface area contributed by atoms with Crippen LogP contribution in [0.3, 0.4) is 0 Å². The molecule has 0 spiro atoms. The molecule has 1 rings (SSSR count). The second kappa shape index (κ2) is 4.26. The molecule has 66 valence electrons. The Kier molecular flexibility index (Phi) is 3.29. The van der Waals surface area contributed by atoms with Crippen molar-refractivity contribution in [2.24, 2.45) is 0 Å². The van der Waals surface area contributed by atoms with Crippen LogP contribution in [0.5, 0.6) is 0 Å². The summed E-state index contributed by atoms with van der Waals surface area (Å²) in [4.78, 5) is 11.1. The Hall–Kier alpha value is -0.830. The van der Waals surface area contributed by atoms with Crippen LogP contribution in [0.25, 0.3) is 0 Å². The SMILES string of the molecule is CCCCc1cc(Cl)n[nH]c1=O. The van der Waals surface area contributed by atoms with E-state index >= 15 is 0 Å². The molecule has 0 saturated heterocycles. The highest BCUT2D eigenvalue weighted by molar-refractivity contribution is 6.29. The van der Waals surface area contributed by atoms with E-state index in [9.17, 15) is 4.79 Å². The number of hydrogen-bond acceptors (Lipinski definition) is 2. The van der Waals surface area contributed by atoms with Gasteiger partial charge < -0.3 is 0 Å². The summed E-state index contributed by atoms with van der Waals surface area (Å²) in [5, 5.41) is 6.26. The topological polar surface area (TPSA) is 45.8 Å². The lowest BCUT2D eigenvalue weighted by molar-refractivity contribution is 0.778.